The number of ketones is 1. The number of methoxy groups -OCH3 is 1. The Bertz CT molecular complexity index is 533. The van der Waals surface area contributed by atoms with Gasteiger partial charge in [0.25, 0.3) is 0 Å². The Morgan fingerprint density at radius 2 is 2.38 bits per heavy atom. The fourth-order valence-electron chi connectivity index (χ4n) is 1.39. The summed E-state index contributed by atoms with van der Waals surface area (Å²) in [6.07, 6.45) is 1.54. The van der Waals surface area contributed by atoms with Gasteiger partial charge in [0.15, 0.2) is 11.4 Å². The number of ether oxygens (including phenoxy) is 1. The summed E-state index contributed by atoms with van der Waals surface area (Å²) in [5.41, 5.74) is 0.464. The van der Waals surface area contributed by atoms with Crippen molar-refractivity contribution in [2.75, 3.05) is 7.11 Å². The van der Waals surface area contributed by atoms with Crippen molar-refractivity contribution in [1.82, 2.24) is 9.78 Å². The maximum Gasteiger partial charge on any atom is 0.225 e. The van der Waals surface area contributed by atoms with Gasteiger partial charge in [-0.25, -0.2) is 0 Å². The highest BCUT2D eigenvalue weighted by molar-refractivity contribution is 9.10. The molecule has 0 fully saturated rings. The molecule has 0 atom stereocenters. The van der Waals surface area contributed by atoms with Crippen LogP contribution in [0, 0.1) is 0 Å². The monoisotopic (exact) mass is 300 g/mol. The Morgan fingerprint density at radius 1 is 1.62 bits per heavy atom. The average molecular weight is 301 g/mol. The fraction of sp³-hybridized carbons (Fsp3) is 0.200. The Balaban J connectivity index is 2.49. The minimum Gasteiger partial charge on any atom is -0.493 e. The predicted octanol–water partition coefficient (Wildman–Crippen LogP) is 2.48. The second kappa shape index (κ2) is 4.39. The average Bonchev–Trinajstić information content (AvgIpc) is 2.83. The van der Waals surface area contributed by atoms with Crippen molar-refractivity contribution in [3.05, 3.63) is 32.7 Å². The van der Waals surface area contributed by atoms with E-state index >= 15 is 0 Å². The predicted molar refractivity (Wildman–Crippen MR) is 65.2 cm³/mol. The number of carbonyl (C=O) groups is 1. The van der Waals surface area contributed by atoms with Gasteiger partial charge in [-0.1, -0.05) is 0 Å². The first kappa shape index (κ1) is 11.3. The molecule has 2 rings (SSSR count). The van der Waals surface area contributed by atoms with Crippen molar-refractivity contribution in [2.24, 2.45) is 7.05 Å². The number of carbonyl (C=O) groups excluding carboxylic acids is 1. The first-order chi connectivity index (χ1) is 7.65. The summed E-state index contributed by atoms with van der Waals surface area (Å²) < 4.78 is 7.43. The molecule has 0 saturated heterocycles. The molecule has 6 heteroatoms. The molecule has 0 aromatic carbocycles. The van der Waals surface area contributed by atoms with Crippen LogP contribution in [0.25, 0.3) is 0 Å². The summed E-state index contributed by atoms with van der Waals surface area (Å²) in [6.45, 7) is 0. The molecule has 0 spiro atoms. The summed E-state index contributed by atoms with van der Waals surface area (Å²) in [7, 11) is 3.24. The minimum absolute atomic E-state index is 0.0845. The quantitative estimate of drug-likeness (QED) is 0.818. The van der Waals surface area contributed by atoms with Gasteiger partial charge in [0.1, 0.15) is 0 Å². The van der Waals surface area contributed by atoms with E-state index < -0.39 is 0 Å². The molecule has 0 amide bonds. The SMILES string of the molecule is COc1cnn(C)c1C(=O)c1sccc1Br. The Morgan fingerprint density at radius 3 is 2.94 bits per heavy atom. The van der Waals surface area contributed by atoms with Crippen LogP contribution < -0.4 is 4.74 Å². The molecule has 16 heavy (non-hydrogen) atoms. The standard InChI is InChI=1S/C10H9BrN2O2S/c1-13-8(7(15-2)5-12-13)9(14)10-6(11)3-4-16-10/h3-5H,1-2H3. The summed E-state index contributed by atoms with van der Waals surface area (Å²) in [5.74, 6) is 0.409. The van der Waals surface area contributed by atoms with Crippen molar-refractivity contribution in [2.45, 2.75) is 0 Å². The van der Waals surface area contributed by atoms with Crippen LogP contribution in [-0.4, -0.2) is 22.7 Å². The highest BCUT2D eigenvalue weighted by atomic mass is 79.9. The largest absolute Gasteiger partial charge is 0.493 e. The van der Waals surface area contributed by atoms with Gasteiger partial charge in [-0.05, 0) is 27.4 Å². The second-order valence-corrected chi connectivity index (χ2v) is 4.88. The number of hydrogen-bond donors (Lipinski definition) is 0. The van der Waals surface area contributed by atoms with E-state index in [2.05, 4.69) is 21.0 Å². The van der Waals surface area contributed by atoms with Gasteiger partial charge in [-0.2, -0.15) is 5.10 Å². The molecular formula is C10H9BrN2O2S. The second-order valence-electron chi connectivity index (χ2n) is 3.11. The zero-order chi connectivity index (χ0) is 11.7. The molecule has 4 nitrogen and oxygen atoms in total. The lowest BCUT2D eigenvalue weighted by Gasteiger charge is -2.03. The van der Waals surface area contributed by atoms with Crippen molar-refractivity contribution in [3.8, 4) is 5.75 Å². The lowest BCUT2D eigenvalue weighted by molar-refractivity contribution is 0.103. The van der Waals surface area contributed by atoms with Gasteiger partial charge in [-0.3, -0.25) is 9.48 Å². The van der Waals surface area contributed by atoms with E-state index in [-0.39, 0.29) is 5.78 Å². The summed E-state index contributed by atoms with van der Waals surface area (Å²) in [4.78, 5) is 12.9. The zero-order valence-corrected chi connectivity index (χ0v) is 11.1. The van der Waals surface area contributed by atoms with Crippen molar-refractivity contribution in [1.29, 1.82) is 0 Å². The Labute approximate surface area is 105 Å². The number of hydrogen-bond acceptors (Lipinski definition) is 4. The molecule has 0 saturated carbocycles. The fourth-order valence-corrected chi connectivity index (χ4v) is 2.88. The highest BCUT2D eigenvalue weighted by Crippen LogP contribution is 2.28. The van der Waals surface area contributed by atoms with Crippen LogP contribution in [0.15, 0.2) is 22.1 Å². The van der Waals surface area contributed by atoms with E-state index in [1.807, 2.05) is 11.4 Å². The van der Waals surface area contributed by atoms with Crippen LogP contribution in [0.2, 0.25) is 0 Å². The van der Waals surface area contributed by atoms with Gasteiger partial charge in [-0.15, -0.1) is 11.3 Å². The van der Waals surface area contributed by atoms with Crippen molar-refractivity contribution in [3.63, 3.8) is 0 Å². The summed E-state index contributed by atoms with van der Waals surface area (Å²) in [5, 5.41) is 5.87. The molecule has 0 aliphatic carbocycles. The van der Waals surface area contributed by atoms with Gasteiger partial charge in [0.2, 0.25) is 5.78 Å². The van der Waals surface area contributed by atoms with Crippen molar-refractivity contribution < 1.29 is 9.53 Å². The Hall–Kier alpha value is -1.14. The number of thiophene rings is 1. The van der Waals surface area contributed by atoms with Crippen LogP contribution in [0.5, 0.6) is 5.75 Å². The van der Waals surface area contributed by atoms with Crippen LogP contribution in [0.1, 0.15) is 15.4 Å². The van der Waals surface area contributed by atoms with Crippen LogP contribution >= 0.6 is 27.3 Å². The molecule has 2 aromatic rings. The smallest absolute Gasteiger partial charge is 0.225 e. The molecule has 0 radical (unpaired) electrons. The number of nitrogens with zero attached hydrogens (tertiary/aromatic N) is 2. The molecule has 0 bridgehead atoms. The van der Waals surface area contributed by atoms with Gasteiger partial charge in [0.05, 0.1) is 18.2 Å². The first-order valence-electron chi connectivity index (χ1n) is 4.49. The maximum atomic E-state index is 12.2. The third-order valence-corrected chi connectivity index (χ3v) is 4.00. The molecule has 0 N–H and O–H groups in total. The van der Waals surface area contributed by atoms with E-state index in [9.17, 15) is 4.79 Å². The normalized spacial score (nSPS) is 10.4. The molecule has 0 aliphatic heterocycles. The summed E-state index contributed by atoms with van der Waals surface area (Å²) >= 11 is 4.73. The molecule has 2 heterocycles. The van der Waals surface area contributed by atoms with Gasteiger partial charge in [0, 0.05) is 11.5 Å². The number of rotatable bonds is 3. The third kappa shape index (κ3) is 1.78. The Kier molecular flexibility index (Phi) is 3.11. The number of aryl methyl sites for hydroxylation is 1. The van der Waals surface area contributed by atoms with Crippen LogP contribution in [-0.2, 0) is 7.05 Å². The van der Waals surface area contributed by atoms with Crippen LogP contribution in [0.4, 0.5) is 0 Å². The zero-order valence-electron chi connectivity index (χ0n) is 8.73. The van der Waals surface area contributed by atoms with Crippen LogP contribution in [0.3, 0.4) is 0 Å². The molecule has 0 aliphatic rings. The van der Waals surface area contributed by atoms with E-state index in [4.69, 9.17) is 4.74 Å². The van der Waals surface area contributed by atoms with E-state index in [1.165, 1.54) is 29.3 Å². The lowest BCUT2D eigenvalue weighted by atomic mass is 10.2. The third-order valence-electron chi connectivity index (χ3n) is 2.16. The van der Waals surface area contributed by atoms with Gasteiger partial charge < -0.3 is 4.74 Å². The lowest BCUT2D eigenvalue weighted by Crippen LogP contribution is -2.08. The minimum atomic E-state index is -0.0845. The van der Waals surface area contributed by atoms with Crippen molar-refractivity contribution >= 4 is 33.0 Å². The topological polar surface area (TPSA) is 44.1 Å². The first-order valence-corrected chi connectivity index (χ1v) is 6.16. The molecule has 0 unspecified atom stereocenters. The molecule has 84 valence electrons. The number of aromatic nitrogens is 2. The highest BCUT2D eigenvalue weighted by Gasteiger charge is 2.22. The van der Waals surface area contributed by atoms with Gasteiger partial charge >= 0.3 is 0 Å². The number of halogens is 1. The van der Waals surface area contributed by atoms with E-state index in [1.54, 1.807) is 7.05 Å². The molecular weight excluding hydrogens is 292 g/mol. The maximum absolute atomic E-state index is 12.2. The van der Waals surface area contributed by atoms with E-state index in [0.29, 0.717) is 16.3 Å². The van der Waals surface area contributed by atoms with E-state index in [0.717, 1.165) is 4.47 Å². The molecule has 2 aromatic heterocycles. The summed E-state index contributed by atoms with van der Waals surface area (Å²) in [6, 6.07) is 1.85.